The summed E-state index contributed by atoms with van der Waals surface area (Å²) >= 11 is 0. The highest BCUT2D eigenvalue weighted by atomic mass is 16.5. The number of aliphatic hydroxyl groups excluding tert-OH is 1. The van der Waals surface area contributed by atoms with Gasteiger partial charge in [0.05, 0.1) is 25.5 Å². The van der Waals surface area contributed by atoms with Gasteiger partial charge < -0.3 is 19.5 Å². The van der Waals surface area contributed by atoms with Gasteiger partial charge in [0, 0.05) is 18.8 Å². The van der Waals surface area contributed by atoms with Crippen LogP contribution in [0.15, 0.2) is 17.1 Å². The predicted octanol–water partition coefficient (Wildman–Crippen LogP) is 0.125. The Bertz CT molecular complexity index is 386. The van der Waals surface area contributed by atoms with Gasteiger partial charge in [-0.2, -0.15) is 0 Å². The lowest BCUT2D eigenvalue weighted by Gasteiger charge is -2.13. The van der Waals surface area contributed by atoms with Crippen molar-refractivity contribution in [3.05, 3.63) is 28.2 Å². The maximum absolute atomic E-state index is 11.2. The van der Waals surface area contributed by atoms with Gasteiger partial charge in [-0.05, 0) is 6.42 Å². The van der Waals surface area contributed by atoms with Gasteiger partial charge in [0.15, 0.2) is 5.75 Å². The SMILES string of the molecule is CCc1c(O)c(=O)ccn1CCOCCO. The molecule has 0 amide bonds. The molecule has 0 fully saturated rings. The van der Waals surface area contributed by atoms with Crippen LogP contribution in [-0.4, -0.2) is 34.6 Å². The molecular formula is C11H17NO4. The van der Waals surface area contributed by atoms with Crippen molar-refractivity contribution in [1.29, 1.82) is 0 Å². The zero-order valence-corrected chi connectivity index (χ0v) is 9.35. The average molecular weight is 227 g/mol. The first kappa shape index (κ1) is 12.7. The van der Waals surface area contributed by atoms with E-state index < -0.39 is 0 Å². The highest BCUT2D eigenvalue weighted by molar-refractivity contribution is 5.26. The molecule has 0 saturated heterocycles. The number of hydrogen-bond donors (Lipinski definition) is 2. The van der Waals surface area contributed by atoms with E-state index in [1.807, 2.05) is 6.92 Å². The summed E-state index contributed by atoms with van der Waals surface area (Å²) in [4.78, 5) is 11.2. The first-order chi connectivity index (χ1) is 7.70. The number of aromatic nitrogens is 1. The fraction of sp³-hybridized carbons (Fsp3) is 0.545. The quantitative estimate of drug-likeness (QED) is 0.677. The Kier molecular flexibility index (Phi) is 5.01. The third-order valence-corrected chi connectivity index (χ3v) is 2.31. The van der Waals surface area contributed by atoms with Crippen LogP contribution in [0.3, 0.4) is 0 Å². The molecule has 5 heteroatoms. The summed E-state index contributed by atoms with van der Waals surface area (Å²) in [5.74, 6) is -0.188. The minimum absolute atomic E-state index is 0.00392. The molecule has 0 aliphatic carbocycles. The molecule has 1 heterocycles. The van der Waals surface area contributed by atoms with Crippen LogP contribution >= 0.6 is 0 Å². The summed E-state index contributed by atoms with van der Waals surface area (Å²) in [5.41, 5.74) is 0.254. The van der Waals surface area contributed by atoms with Crippen LogP contribution < -0.4 is 5.43 Å². The van der Waals surface area contributed by atoms with E-state index in [1.54, 1.807) is 10.8 Å². The zero-order valence-electron chi connectivity index (χ0n) is 9.35. The largest absolute Gasteiger partial charge is 0.503 e. The van der Waals surface area contributed by atoms with Crippen molar-refractivity contribution in [3.63, 3.8) is 0 Å². The summed E-state index contributed by atoms with van der Waals surface area (Å²) in [6.07, 6.45) is 2.23. The number of aromatic hydroxyl groups is 1. The Labute approximate surface area is 93.9 Å². The molecule has 0 spiro atoms. The van der Waals surface area contributed by atoms with Crippen LogP contribution in [0, 0.1) is 0 Å². The van der Waals surface area contributed by atoms with Crippen LogP contribution in [0.4, 0.5) is 0 Å². The van der Waals surface area contributed by atoms with Crippen molar-refractivity contribution < 1.29 is 14.9 Å². The second kappa shape index (κ2) is 6.30. The molecule has 0 atom stereocenters. The van der Waals surface area contributed by atoms with Gasteiger partial charge in [0.1, 0.15) is 0 Å². The normalized spacial score (nSPS) is 10.6. The van der Waals surface area contributed by atoms with Gasteiger partial charge in [-0.1, -0.05) is 6.92 Å². The van der Waals surface area contributed by atoms with E-state index in [0.717, 1.165) is 0 Å². The van der Waals surface area contributed by atoms with Gasteiger partial charge in [0.25, 0.3) is 0 Å². The molecule has 90 valence electrons. The van der Waals surface area contributed by atoms with E-state index in [9.17, 15) is 9.90 Å². The molecule has 0 aromatic carbocycles. The number of nitrogens with zero attached hydrogens (tertiary/aromatic N) is 1. The number of hydrogen-bond acceptors (Lipinski definition) is 4. The lowest BCUT2D eigenvalue weighted by Crippen LogP contribution is -2.15. The van der Waals surface area contributed by atoms with Crippen molar-refractivity contribution in [1.82, 2.24) is 4.57 Å². The summed E-state index contributed by atoms with van der Waals surface area (Å²) in [7, 11) is 0. The Morgan fingerprint density at radius 1 is 1.44 bits per heavy atom. The van der Waals surface area contributed by atoms with E-state index in [-0.39, 0.29) is 17.8 Å². The molecule has 0 bridgehead atoms. The summed E-state index contributed by atoms with van der Waals surface area (Å²) in [5, 5.41) is 18.1. The van der Waals surface area contributed by atoms with E-state index in [4.69, 9.17) is 9.84 Å². The molecule has 2 N–H and O–H groups in total. The first-order valence-electron chi connectivity index (χ1n) is 5.30. The van der Waals surface area contributed by atoms with Gasteiger partial charge in [0.2, 0.25) is 5.43 Å². The molecule has 0 aliphatic heterocycles. The fourth-order valence-corrected chi connectivity index (χ4v) is 1.51. The lowest BCUT2D eigenvalue weighted by atomic mass is 10.2. The van der Waals surface area contributed by atoms with Gasteiger partial charge in [-0.15, -0.1) is 0 Å². The minimum Gasteiger partial charge on any atom is -0.503 e. The lowest BCUT2D eigenvalue weighted by molar-refractivity contribution is 0.0864. The molecule has 5 nitrogen and oxygen atoms in total. The third kappa shape index (κ3) is 3.08. The number of pyridine rings is 1. The van der Waals surface area contributed by atoms with Crippen molar-refractivity contribution in [2.75, 3.05) is 19.8 Å². The standard InChI is InChI=1S/C11H17NO4/c1-2-9-11(15)10(14)3-4-12(9)5-7-16-8-6-13/h3-4,13,15H,2,5-8H2,1H3. The second-order valence-corrected chi connectivity index (χ2v) is 3.36. The molecular weight excluding hydrogens is 210 g/mol. The molecule has 0 unspecified atom stereocenters. The second-order valence-electron chi connectivity index (χ2n) is 3.36. The Morgan fingerprint density at radius 2 is 2.19 bits per heavy atom. The zero-order chi connectivity index (χ0) is 12.0. The fourth-order valence-electron chi connectivity index (χ4n) is 1.51. The smallest absolute Gasteiger partial charge is 0.223 e. The van der Waals surface area contributed by atoms with E-state index in [0.29, 0.717) is 31.9 Å². The Morgan fingerprint density at radius 3 is 2.81 bits per heavy atom. The maximum Gasteiger partial charge on any atom is 0.223 e. The van der Waals surface area contributed by atoms with Crippen LogP contribution in [-0.2, 0) is 17.7 Å². The number of rotatable bonds is 6. The van der Waals surface area contributed by atoms with E-state index >= 15 is 0 Å². The highest BCUT2D eigenvalue weighted by Crippen LogP contribution is 2.11. The minimum atomic E-state index is -0.357. The Balaban J connectivity index is 2.72. The summed E-state index contributed by atoms with van der Waals surface area (Å²) in [6.45, 7) is 3.16. The maximum atomic E-state index is 11.2. The molecule has 16 heavy (non-hydrogen) atoms. The topological polar surface area (TPSA) is 71.7 Å². The van der Waals surface area contributed by atoms with Crippen LogP contribution in [0.1, 0.15) is 12.6 Å². The Hall–Kier alpha value is -1.33. The number of aliphatic hydroxyl groups is 1. The first-order valence-corrected chi connectivity index (χ1v) is 5.30. The highest BCUT2D eigenvalue weighted by Gasteiger charge is 2.07. The average Bonchev–Trinajstić information content (AvgIpc) is 2.29. The molecule has 1 aromatic rings. The number of ether oxygens (including phenoxy) is 1. The van der Waals surface area contributed by atoms with Gasteiger partial charge in [-0.25, -0.2) is 0 Å². The van der Waals surface area contributed by atoms with Crippen LogP contribution in [0.25, 0.3) is 0 Å². The van der Waals surface area contributed by atoms with Gasteiger partial charge >= 0.3 is 0 Å². The molecule has 0 radical (unpaired) electrons. The van der Waals surface area contributed by atoms with Crippen LogP contribution in [0.5, 0.6) is 5.75 Å². The molecule has 1 aromatic heterocycles. The molecule has 0 saturated carbocycles. The van der Waals surface area contributed by atoms with Crippen molar-refractivity contribution in [2.24, 2.45) is 0 Å². The van der Waals surface area contributed by atoms with Crippen molar-refractivity contribution in [3.8, 4) is 5.75 Å². The van der Waals surface area contributed by atoms with E-state index in [1.165, 1.54) is 6.07 Å². The van der Waals surface area contributed by atoms with Crippen molar-refractivity contribution in [2.45, 2.75) is 19.9 Å². The summed E-state index contributed by atoms with van der Waals surface area (Å²) < 4.78 is 6.91. The molecule has 0 aliphatic rings. The predicted molar refractivity (Wildman–Crippen MR) is 59.6 cm³/mol. The van der Waals surface area contributed by atoms with Gasteiger partial charge in [-0.3, -0.25) is 4.79 Å². The summed E-state index contributed by atoms with van der Waals surface area (Å²) in [6, 6.07) is 1.33. The third-order valence-electron chi connectivity index (χ3n) is 2.31. The van der Waals surface area contributed by atoms with E-state index in [2.05, 4.69) is 0 Å². The molecule has 1 rings (SSSR count). The van der Waals surface area contributed by atoms with Crippen molar-refractivity contribution >= 4 is 0 Å². The van der Waals surface area contributed by atoms with Crippen LogP contribution in [0.2, 0.25) is 0 Å². The monoisotopic (exact) mass is 227 g/mol.